The number of nitrogens with one attached hydrogen (secondary N) is 1. The van der Waals surface area contributed by atoms with E-state index in [1.165, 1.54) is 0 Å². The summed E-state index contributed by atoms with van der Waals surface area (Å²) in [5.41, 5.74) is -0.430. The summed E-state index contributed by atoms with van der Waals surface area (Å²) in [4.78, 5) is 14.3. The van der Waals surface area contributed by atoms with Crippen molar-refractivity contribution in [1.82, 2.24) is 10.2 Å². The molecule has 4 atom stereocenters. The monoisotopic (exact) mass is 266 g/mol. The van der Waals surface area contributed by atoms with Crippen LogP contribution in [0.2, 0.25) is 0 Å². The van der Waals surface area contributed by atoms with Gasteiger partial charge in [-0.1, -0.05) is 13.0 Å². The molecule has 2 bridgehead atoms. The van der Waals surface area contributed by atoms with E-state index in [1.54, 1.807) is 0 Å². The maximum atomic E-state index is 12.4. The molecule has 2 saturated heterocycles. The van der Waals surface area contributed by atoms with E-state index in [1.807, 2.05) is 31.7 Å². The maximum Gasteiger partial charge on any atom is 0.410 e. The number of carbonyl (C=O) groups excluding carboxylic acids is 1. The van der Waals surface area contributed by atoms with Crippen molar-refractivity contribution in [3.8, 4) is 0 Å². The van der Waals surface area contributed by atoms with Gasteiger partial charge in [0, 0.05) is 18.6 Å². The molecule has 1 amide bonds. The molecule has 2 fully saturated rings. The minimum absolute atomic E-state index is 0.164. The molecule has 4 nitrogen and oxygen atoms in total. The fourth-order valence-electron chi connectivity index (χ4n) is 3.16. The Morgan fingerprint density at radius 2 is 2.16 bits per heavy atom. The second kappa shape index (κ2) is 5.16. The summed E-state index contributed by atoms with van der Waals surface area (Å²) >= 11 is 0. The maximum absolute atomic E-state index is 12.4. The Morgan fingerprint density at radius 1 is 1.47 bits per heavy atom. The Balaban J connectivity index is 2.12. The van der Waals surface area contributed by atoms with Gasteiger partial charge in [-0.2, -0.15) is 0 Å². The first kappa shape index (κ1) is 14.4. The van der Waals surface area contributed by atoms with Crippen LogP contribution in [0.25, 0.3) is 0 Å². The molecular formula is C15H26N2O2. The van der Waals surface area contributed by atoms with E-state index >= 15 is 0 Å². The van der Waals surface area contributed by atoms with E-state index in [4.69, 9.17) is 4.74 Å². The number of hydrogen-bond acceptors (Lipinski definition) is 3. The molecule has 2 aliphatic rings. The Bertz CT molecular complexity index is 362. The van der Waals surface area contributed by atoms with Gasteiger partial charge in [-0.15, -0.1) is 6.58 Å². The number of rotatable bonds is 2. The summed E-state index contributed by atoms with van der Waals surface area (Å²) in [6.45, 7) is 12.6. The van der Waals surface area contributed by atoms with Gasteiger partial charge in [0.1, 0.15) is 5.60 Å². The zero-order valence-corrected chi connectivity index (χ0v) is 12.5. The fourth-order valence-corrected chi connectivity index (χ4v) is 3.16. The van der Waals surface area contributed by atoms with Crippen LogP contribution in [0.15, 0.2) is 12.7 Å². The van der Waals surface area contributed by atoms with Crippen LogP contribution in [-0.2, 0) is 4.74 Å². The lowest BCUT2D eigenvalue weighted by atomic mass is 9.93. The van der Waals surface area contributed by atoms with Crippen LogP contribution >= 0.6 is 0 Å². The van der Waals surface area contributed by atoms with E-state index in [2.05, 4.69) is 18.8 Å². The molecule has 2 aliphatic heterocycles. The average Bonchev–Trinajstić information content (AvgIpc) is 2.61. The molecule has 0 aromatic heterocycles. The summed E-state index contributed by atoms with van der Waals surface area (Å²) in [5, 5.41) is 3.56. The van der Waals surface area contributed by atoms with E-state index in [0.717, 1.165) is 19.4 Å². The van der Waals surface area contributed by atoms with Crippen molar-refractivity contribution in [2.45, 2.75) is 64.3 Å². The first-order valence-corrected chi connectivity index (χ1v) is 7.20. The third-order valence-electron chi connectivity index (χ3n) is 4.09. The number of amides is 1. The van der Waals surface area contributed by atoms with Crippen LogP contribution in [0.3, 0.4) is 0 Å². The molecule has 108 valence electrons. The third-order valence-corrected chi connectivity index (χ3v) is 4.09. The first-order chi connectivity index (χ1) is 8.83. The van der Waals surface area contributed by atoms with Crippen LogP contribution in [-0.4, -0.2) is 41.3 Å². The van der Waals surface area contributed by atoms with Gasteiger partial charge in [-0.05, 0) is 39.5 Å². The first-order valence-electron chi connectivity index (χ1n) is 7.20. The molecule has 0 radical (unpaired) electrons. The molecular weight excluding hydrogens is 240 g/mol. The Morgan fingerprint density at radius 3 is 2.74 bits per heavy atom. The smallest absolute Gasteiger partial charge is 0.410 e. The van der Waals surface area contributed by atoms with Gasteiger partial charge >= 0.3 is 6.09 Å². The quantitative estimate of drug-likeness (QED) is 0.781. The molecule has 2 rings (SSSR count). The van der Waals surface area contributed by atoms with Crippen molar-refractivity contribution in [1.29, 1.82) is 0 Å². The minimum Gasteiger partial charge on any atom is -0.444 e. The number of nitrogens with zero attached hydrogens (tertiary/aromatic N) is 1. The highest BCUT2D eigenvalue weighted by Crippen LogP contribution is 2.33. The lowest BCUT2D eigenvalue weighted by Gasteiger charge is -2.42. The van der Waals surface area contributed by atoms with Gasteiger partial charge < -0.3 is 10.1 Å². The third kappa shape index (κ3) is 2.94. The molecule has 0 aliphatic carbocycles. The molecule has 0 spiro atoms. The van der Waals surface area contributed by atoms with Gasteiger partial charge in [-0.25, -0.2) is 4.79 Å². The van der Waals surface area contributed by atoms with Crippen molar-refractivity contribution < 1.29 is 9.53 Å². The van der Waals surface area contributed by atoms with Gasteiger partial charge in [-0.3, -0.25) is 4.90 Å². The number of piperazine rings is 1. The number of hydrogen-bond donors (Lipinski definition) is 1. The predicted molar refractivity (Wildman–Crippen MR) is 76.0 cm³/mol. The fraction of sp³-hybridized carbons (Fsp3) is 0.800. The highest BCUT2D eigenvalue weighted by molar-refractivity contribution is 5.70. The molecule has 1 N–H and O–H groups in total. The summed E-state index contributed by atoms with van der Waals surface area (Å²) < 4.78 is 5.55. The minimum atomic E-state index is -0.430. The van der Waals surface area contributed by atoms with Crippen molar-refractivity contribution in [2.24, 2.45) is 5.92 Å². The summed E-state index contributed by atoms with van der Waals surface area (Å²) in [6, 6.07) is 0.818. The van der Waals surface area contributed by atoms with Gasteiger partial charge in [0.2, 0.25) is 0 Å². The molecule has 2 heterocycles. The van der Waals surface area contributed by atoms with E-state index in [0.29, 0.717) is 12.0 Å². The zero-order chi connectivity index (χ0) is 14.2. The van der Waals surface area contributed by atoms with Crippen LogP contribution in [0.5, 0.6) is 0 Å². The SMILES string of the molecule is C=C[C@@H](C)[C@@H]1NC[C@H]2CC[C@@H]1N2C(=O)OC(C)(C)C. The van der Waals surface area contributed by atoms with Gasteiger partial charge in [0.25, 0.3) is 0 Å². The normalized spacial score (nSPS) is 32.0. The van der Waals surface area contributed by atoms with Crippen LogP contribution in [0.4, 0.5) is 4.79 Å². The molecule has 0 unspecified atom stereocenters. The summed E-state index contributed by atoms with van der Waals surface area (Å²) in [7, 11) is 0. The molecule has 0 saturated carbocycles. The van der Waals surface area contributed by atoms with E-state index < -0.39 is 5.60 Å². The predicted octanol–water partition coefficient (Wildman–Crippen LogP) is 2.55. The topological polar surface area (TPSA) is 41.6 Å². The second-order valence-electron chi connectivity index (χ2n) is 6.71. The van der Waals surface area contributed by atoms with Crippen LogP contribution in [0, 0.1) is 5.92 Å². The van der Waals surface area contributed by atoms with Crippen molar-refractivity contribution in [2.75, 3.05) is 6.54 Å². The van der Waals surface area contributed by atoms with Crippen LogP contribution < -0.4 is 5.32 Å². The second-order valence-corrected chi connectivity index (χ2v) is 6.71. The van der Waals surface area contributed by atoms with E-state index in [9.17, 15) is 4.79 Å². The number of fused-ring (bicyclic) bond motifs is 2. The molecule has 0 aromatic rings. The summed E-state index contributed by atoms with van der Waals surface area (Å²) in [5.74, 6) is 0.356. The highest BCUT2D eigenvalue weighted by atomic mass is 16.6. The Kier molecular flexibility index (Phi) is 3.90. The van der Waals surface area contributed by atoms with Crippen molar-refractivity contribution in [3.63, 3.8) is 0 Å². The average molecular weight is 266 g/mol. The Labute approximate surface area is 116 Å². The molecule has 0 aromatic carbocycles. The lowest BCUT2D eigenvalue weighted by molar-refractivity contribution is 0.00204. The van der Waals surface area contributed by atoms with Crippen molar-refractivity contribution in [3.05, 3.63) is 12.7 Å². The zero-order valence-electron chi connectivity index (χ0n) is 12.5. The lowest BCUT2D eigenvalue weighted by Crippen LogP contribution is -2.61. The summed E-state index contributed by atoms with van der Waals surface area (Å²) in [6.07, 6.45) is 3.92. The van der Waals surface area contributed by atoms with Gasteiger partial charge in [0.05, 0.1) is 6.04 Å². The van der Waals surface area contributed by atoms with E-state index in [-0.39, 0.29) is 18.2 Å². The molecule has 19 heavy (non-hydrogen) atoms. The van der Waals surface area contributed by atoms with Crippen LogP contribution in [0.1, 0.15) is 40.5 Å². The molecule has 4 heteroatoms. The number of ether oxygens (including phenoxy) is 1. The number of carbonyl (C=O) groups is 1. The standard InChI is InChI=1S/C15H26N2O2/c1-6-10(2)13-12-8-7-11(9-16-13)17(12)14(18)19-15(3,4)5/h6,10-13,16H,1,7-9H2,2-5H3/t10-,11-,12+,13+/m1/s1. The highest BCUT2D eigenvalue weighted by Gasteiger charge is 2.47. The van der Waals surface area contributed by atoms with Gasteiger partial charge in [0.15, 0.2) is 0 Å². The largest absolute Gasteiger partial charge is 0.444 e. The van der Waals surface area contributed by atoms with Crippen molar-refractivity contribution >= 4 is 6.09 Å². The Hall–Kier alpha value is -1.03.